The average Bonchev–Trinajstić information content (AvgIpc) is 3.18. The van der Waals surface area contributed by atoms with Gasteiger partial charge >= 0.3 is 0 Å². The van der Waals surface area contributed by atoms with E-state index in [9.17, 15) is 9.59 Å². The number of piperazine rings is 1. The maximum absolute atomic E-state index is 12.5. The molecule has 2 atom stereocenters. The van der Waals surface area contributed by atoms with E-state index in [1.807, 2.05) is 6.20 Å². The smallest absolute Gasteiger partial charge is 0.246 e. The Kier molecular flexibility index (Phi) is 3.50. The maximum Gasteiger partial charge on any atom is 0.246 e. The second-order valence-corrected chi connectivity index (χ2v) is 6.74. The maximum atomic E-state index is 12.5. The predicted molar refractivity (Wildman–Crippen MR) is 76.2 cm³/mol. The fraction of sp³-hybridized carbons (Fsp3) is 0.643. The summed E-state index contributed by atoms with van der Waals surface area (Å²) >= 11 is 1.62. The van der Waals surface area contributed by atoms with E-state index in [1.54, 1.807) is 23.2 Å². The van der Waals surface area contributed by atoms with Crippen molar-refractivity contribution in [1.82, 2.24) is 15.2 Å². The van der Waals surface area contributed by atoms with E-state index in [1.165, 1.54) is 4.88 Å². The summed E-state index contributed by atoms with van der Waals surface area (Å²) in [5.74, 6) is 0.338. The molecular weight excluding hydrogens is 274 g/mol. The van der Waals surface area contributed by atoms with E-state index in [-0.39, 0.29) is 17.9 Å². The largest absolute Gasteiger partial charge is 0.342 e. The van der Waals surface area contributed by atoms with Crippen LogP contribution in [0.5, 0.6) is 0 Å². The molecule has 1 saturated carbocycles. The molecule has 1 N–H and O–H groups in total. The first-order valence-electron chi connectivity index (χ1n) is 7.14. The molecule has 0 bridgehead atoms. The minimum Gasteiger partial charge on any atom is -0.342 e. The first-order valence-corrected chi connectivity index (χ1v) is 7.96. The van der Waals surface area contributed by atoms with Crippen LogP contribution < -0.4 is 5.32 Å². The van der Waals surface area contributed by atoms with Crippen LogP contribution in [0.1, 0.15) is 36.6 Å². The molecule has 1 saturated heterocycles. The number of rotatable bonds is 4. The van der Waals surface area contributed by atoms with Crippen molar-refractivity contribution in [3.05, 3.63) is 16.1 Å². The van der Waals surface area contributed by atoms with Crippen molar-refractivity contribution < 1.29 is 9.59 Å². The Morgan fingerprint density at radius 1 is 1.45 bits per heavy atom. The van der Waals surface area contributed by atoms with Gasteiger partial charge in [-0.15, -0.1) is 11.3 Å². The van der Waals surface area contributed by atoms with Crippen LogP contribution in [0.3, 0.4) is 0 Å². The van der Waals surface area contributed by atoms with Gasteiger partial charge in [0.2, 0.25) is 11.8 Å². The Morgan fingerprint density at radius 2 is 2.20 bits per heavy atom. The molecule has 0 aromatic carbocycles. The highest BCUT2D eigenvalue weighted by Gasteiger charge is 2.45. The number of nitrogens with zero attached hydrogens (tertiary/aromatic N) is 2. The molecule has 20 heavy (non-hydrogen) atoms. The molecule has 2 heterocycles. The van der Waals surface area contributed by atoms with Gasteiger partial charge in [-0.25, -0.2) is 4.98 Å². The molecule has 2 amide bonds. The van der Waals surface area contributed by atoms with Gasteiger partial charge in [-0.3, -0.25) is 9.59 Å². The molecule has 2 fully saturated rings. The highest BCUT2D eigenvalue weighted by molar-refractivity contribution is 7.11. The van der Waals surface area contributed by atoms with Crippen LogP contribution in [0.25, 0.3) is 0 Å². The highest BCUT2D eigenvalue weighted by Crippen LogP contribution is 2.35. The third kappa shape index (κ3) is 2.44. The van der Waals surface area contributed by atoms with Gasteiger partial charge < -0.3 is 10.2 Å². The number of carbonyl (C=O) groups is 2. The molecule has 2 aliphatic rings. The van der Waals surface area contributed by atoms with Gasteiger partial charge in [0, 0.05) is 11.1 Å². The van der Waals surface area contributed by atoms with Crippen molar-refractivity contribution >= 4 is 23.2 Å². The van der Waals surface area contributed by atoms with Gasteiger partial charge in [0.15, 0.2) is 0 Å². The lowest BCUT2D eigenvalue weighted by Crippen LogP contribution is -2.62. The number of aromatic nitrogens is 1. The van der Waals surface area contributed by atoms with Gasteiger partial charge in [0.1, 0.15) is 17.1 Å². The third-order valence-electron chi connectivity index (χ3n) is 4.04. The first-order chi connectivity index (χ1) is 9.60. The molecule has 2 unspecified atom stereocenters. The van der Waals surface area contributed by atoms with Gasteiger partial charge in [-0.1, -0.05) is 6.92 Å². The number of nitrogens with one attached hydrogen (secondary N) is 1. The number of hydrogen-bond donors (Lipinski definition) is 1. The van der Waals surface area contributed by atoms with Crippen molar-refractivity contribution in [3.63, 3.8) is 0 Å². The van der Waals surface area contributed by atoms with Crippen molar-refractivity contribution in [2.75, 3.05) is 0 Å². The molecular formula is C14H19N3O2S. The molecule has 3 rings (SSSR count). The molecule has 0 spiro atoms. The summed E-state index contributed by atoms with van der Waals surface area (Å²) in [4.78, 5) is 31.8. The quantitative estimate of drug-likeness (QED) is 0.911. The van der Waals surface area contributed by atoms with E-state index in [0.717, 1.165) is 24.3 Å². The molecule has 1 aromatic rings. The number of aryl methyl sites for hydroxylation is 1. The summed E-state index contributed by atoms with van der Waals surface area (Å²) in [5, 5.41) is 3.77. The van der Waals surface area contributed by atoms with Crippen LogP contribution >= 0.6 is 11.3 Å². The topological polar surface area (TPSA) is 62.3 Å². The van der Waals surface area contributed by atoms with Crippen molar-refractivity contribution in [3.8, 4) is 0 Å². The molecule has 5 nitrogen and oxygen atoms in total. The fourth-order valence-electron chi connectivity index (χ4n) is 2.54. The minimum atomic E-state index is -0.411. The highest BCUT2D eigenvalue weighted by atomic mass is 32.1. The second-order valence-electron chi connectivity index (χ2n) is 5.54. The fourth-order valence-corrected chi connectivity index (χ4v) is 3.40. The number of amides is 2. The van der Waals surface area contributed by atoms with Gasteiger partial charge in [-0.05, 0) is 32.1 Å². The van der Waals surface area contributed by atoms with Crippen LogP contribution in [0.2, 0.25) is 0 Å². The van der Waals surface area contributed by atoms with Gasteiger partial charge in [0.25, 0.3) is 0 Å². The molecule has 1 aliphatic heterocycles. The van der Waals surface area contributed by atoms with E-state index in [4.69, 9.17) is 0 Å². The van der Waals surface area contributed by atoms with E-state index < -0.39 is 6.04 Å². The Morgan fingerprint density at radius 3 is 2.80 bits per heavy atom. The SMILES string of the molecule is CCc1cnc(CN2C(=O)C(C3CC3)NC(=O)C2C)s1. The number of thiazole rings is 1. The van der Waals surface area contributed by atoms with Crippen molar-refractivity contribution in [1.29, 1.82) is 0 Å². The lowest BCUT2D eigenvalue weighted by molar-refractivity contribution is -0.149. The summed E-state index contributed by atoms with van der Waals surface area (Å²) in [6.45, 7) is 4.31. The Bertz CT molecular complexity index is 538. The lowest BCUT2D eigenvalue weighted by Gasteiger charge is -2.37. The van der Waals surface area contributed by atoms with E-state index >= 15 is 0 Å². The summed E-state index contributed by atoms with van der Waals surface area (Å²) < 4.78 is 0. The van der Waals surface area contributed by atoms with E-state index in [0.29, 0.717) is 12.5 Å². The summed E-state index contributed by atoms with van der Waals surface area (Å²) in [6.07, 6.45) is 4.89. The second kappa shape index (κ2) is 5.16. The van der Waals surface area contributed by atoms with Gasteiger partial charge in [-0.2, -0.15) is 0 Å². The Balaban J connectivity index is 1.77. The van der Waals surface area contributed by atoms with Crippen LogP contribution in [-0.4, -0.2) is 33.8 Å². The molecule has 6 heteroatoms. The zero-order chi connectivity index (χ0) is 14.3. The lowest BCUT2D eigenvalue weighted by atomic mass is 10.0. The third-order valence-corrected chi connectivity index (χ3v) is 5.17. The van der Waals surface area contributed by atoms with Crippen LogP contribution in [0.15, 0.2) is 6.20 Å². The Labute approximate surface area is 122 Å². The van der Waals surface area contributed by atoms with Gasteiger partial charge in [0.05, 0.1) is 6.54 Å². The normalized spacial score (nSPS) is 26.8. The van der Waals surface area contributed by atoms with Crippen molar-refractivity contribution in [2.24, 2.45) is 5.92 Å². The van der Waals surface area contributed by atoms with Crippen molar-refractivity contribution in [2.45, 2.75) is 51.7 Å². The minimum absolute atomic E-state index is 0.0474. The summed E-state index contributed by atoms with van der Waals surface area (Å²) in [5.41, 5.74) is 0. The number of carbonyl (C=O) groups excluding carboxylic acids is 2. The summed E-state index contributed by atoms with van der Waals surface area (Å²) in [7, 11) is 0. The molecule has 0 radical (unpaired) electrons. The van der Waals surface area contributed by atoms with E-state index in [2.05, 4.69) is 17.2 Å². The van der Waals surface area contributed by atoms with Crippen LogP contribution in [-0.2, 0) is 22.6 Å². The first kappa shape index (κ1) is 13.5. The standard InChI is InChI=1S/C14H19N3O2S/c1-3-10-6-15-11(20-10)7-17-8(2)13(18)16-12(14(17)19)9-4-5-9/h6,8-9,12H,3-5,7H2,1-2H3,(H,16,18). The molecule has 1 aromatic heterocycles. The zero-order valence-electron chi connectivity index (χ0n) is 11.8. The average molecular weight is 293 g/mol. The monoisotopic (exact) mass is 293 g/mol. The molecule has 108 valence electrons. The molecule has 1 aliphatic carbocycles. The summed E-state index contributed by atoms with van der Waals surface area (Å²) in [6, 6.07) is -0.726. The number of hydrogen-bond acceptors (Lipinski definition) is 4. The predicted octanol–water partition coefficient (Wildman–Crippen LogP) is 1.33. The van der Waals surface area contributed by atoms with Crippen LogP contribution in [0, 0.1) is 5.92 Å². The van der Waals surface area contributed by atoms with Crippen LogP contribution in [0.4, 0.5) is 0 Å². The zero-order valence-corrected chi connectivity index (χ0v) is 12.6. The Hall–Kier alpha value is -1.43.